The molecule has 0 aromatic carbocycles. The normalized spacial score (nSPS) is 12.7. The zero-order valence-corrected chi connectivity index (χ0v) is 13.8. The highest BCUT2D eigenvalue weighted by Crippen LogP contribution is 2.03. The molecule has 0 aromatic heterocycles. The minimum absolute atomic E-state index is 0.313. The first kappa shape index (κ1) is 19.9. The predicted molar refractivity (Wildman–Crippen MR) is 95.5 cm³/mol. The van der Waals surface area contributed by atoms with Crippen molar-refractivity contribution in [2.75, 3.05) is 6.61 Å². The van der Waals surface area contributed by atoms with Crippen LogP contribution in [0.4, 0.5) is 0 Å². The van der Waals surface area contributed by atoms with E-state index < -0.39 is 0 Å². The molecule has 0 bridgehead atoms. The van der Waals surface area contributed by atoms with Crippen LogP contribution < -0.4 is 0 Å². The fourth-order valence-electron chi connectivity index (χ4n) is 1.96. The van der Waals surface area contributed by atoms with Crippen LogP contribution >= 0.6 is 0 Å². The van der Waals surface area contributed by atoms with Gasteiger partial charge in [-0.15, -0.1) is 0 Å². The third-order valence-corrected chi connectivity index (χ3v) is 3.26. The molecule has 0 heterocycles. The summed E-state index contributed by atoms with van der Waals surface area (Å²) in [6.07, 6.45) is 29.3. The molecule has 0 aromatic rings. The van der Waals surface area contributed by atoms with Crippen molar-refractivity contribution in [3.05, 3.63) is 48.6 Å². The van der Waals surface area contributed by atoms with Gasteiger partial charge in [0, 0.05) is 6.61 Å². The number of allylic oxidation sites excluding steroid dienone is 8. The van der Waals surface area contributed by atoms with Crippen molar-refractivity contribution in [2.24, 2.45) is 0 Å². The lowest BCUT2D eigenvalue weighted by Crippen LogP contribution is -1.79. The second-order valence-corrected chi connectivity index (χ2v) is 5.34. The van der Waals surface area contributed by atoms with Gasteiger partial charge in [0.05, 0.1) is 0 Å². The molecule has 1 nitrogen and oxygen atoms in total. The second kappa shape index (κ2) is 18.9. The van der Waals surface area contributed by atoms with E-state index in [1.54, 1.807) is 0 Å². The lowest BCUT2D eigenvalue weighted by molar-refractivity contribution is 0.285. The van der Waals surface area contributed by atoms with E-state index in [2.05, 4.69) is 55.5 Å². The number of unbranched alkanes of at least 4 members (excludes halogenated alkanes) is 6. The SMILES string of the molecule is CCCCCCC=CC=CCC=CCC=CCCCCO. The van der Waals surface area contributed by atoms with Crippen LogP contribution in [0, 0.1) is 0 Å². The molecule has 120 valence electrons. The smallest absolute Gasteiger partial charge is 0.0431 e. The highest BCUT2D eigenvalue weighted by atomic mass is 16.2. The molecule has 0 rings (SSSR count). The van der Waals surface area contributed by atoms with E-state index >= 15 is 0 Å². The molecule has 1 N–H and O–H groups in total. The molecule has 0 aliphatic carbocycles. The monoisotopic (exact) mass is 290 g/mol. The Kier molecular flexibility index (Phi) is 17.9. The molecular weight excluding hydrogens is 256 g/mol. The minimum Gasteiger partial charge on any atom is -0.396 e. The maximum atomic E-state index is 8.65. The molecule has 0 spiro atoms. The highest BCUT2D eigenvalue weighted by Gasteiger charge is 1.83. The van der Waals surface area contributed by atoms with Crippen molar-refractivity contribution in [3.8, 4) is 0 Å². The minimum atomic E-state index is 0.313. The summed E-state index contributed by atoms with van der Waals surface area (Å²) in [6, 6.07) is 0. The summed E-state index contributed by atoms with van der Waals surface area (Å²) in [5.41, 5.74) is 0. The molecule has 0 radical (unpaired) electrons. The number of aliphatic hydroxyl groups excluding tert-OH is 1. The third-order valence-electron chi connectivity index (χ3n) is 3.26. The maximum absolute atomic E-state index is 8.65. The third kappa shape index (κ3) is 18.9. The van der Waals surface area contributed by atoms with Crippen LogP contribution in [0.5, 0.6) is 0 Å². The molecule has 21 heavy (non-hydrogen) atoms. The molecular formula is C20H34O. The van der Waals surface area contributed by atoms with Crippen LogP contribution in [0.1, 0.15) is 71.1 Å². The lowest BCUT2D eigenvalue weighted by Gasteiger charge is -1.92. The zero-order valence-electron chi connectivity index (χ0n) is 13.8. The van der Waals surface area contributed by atoms with E-state index in [4.69, 9.17) is 5.11 Å². The molecule has 0 atom stereocenters. The largest absolute Gasteiger partial charge is 0.396 e. The van der Waals surface area contributed by atoms with Gasteiger partial charge in [-0.05, 0) is 44.9 Å². The molecule has 0 saturated carbocycles. The summed E-state index contributed by atoms with van der Waals surface area (Å²) in [4.78, 5) is 0. The van der Waals surface area contributed by atoms with Gasteiger partial charge in [-0.3, -0.25) is 0 Å². The van der Waals surface area contributed by atoms with Gasteiger partial charge in [0.1, 0.15) is 0 Å². The summed E-state index contributed by atoms with van der Waals surface area (Å²) >= 11 is 0. The van der Waals surface area contributed by atoms with Crippen LogP contribution in [-0.4, -0.2) is 11.7 Å². The summed E-state index contributed by atoms with van der Waals surface area (Å²) in [5, 5.41) is 8.65. The Morgan fingerprint density at radius 2 is 1.24 bits per heavy atom. The quantitative estimate of drug-likeness (QED) is 0.232. The van der Waals surface area contributed by atoms with E-state index in [-0.39, 0.29) is 0 Å². The predicted octanol–water partition coefficient (Wildman–Crippen LogP) is 6.12. The zero-order chi connectivity index (χ0) is 15.4. The number of aliphatic hydroxyl groups is 1. The van der Waals surface area contributed by atoms with Crippen LogP contribution in [0.2, 0.25) is 0 Å². The van der Waals surface area contributed by atoms with Crippen LogP contribution in [0.15, 0.2) is 48.6 Å². The highest BCUT2D eigenvalue weighted by molar-refractivity contribution is 5.05. The van der Waals surface area contributed by atoms with Crippen LogP contribution in [-0.2, 0) is 0 Å². The average molecular weight is 290 g/mol. The van der Waals surface area contributed by atoms with Gasteiger partial charge in [-0.2, -0.15) is 0 Å². The first-order valence-electron chi connectivity index (χ1n) is 8.64. The van der Waals surface area contributed by atoms with E-state index in [1.165, 1.54) is 32.1 Å². The van der Waals surface area contributed by atoms with Gasteiger partial charge in [0.25, 0.3) is 0 Å². The number of hydrogen-bond acceptors (Lipinski definition) is 1. The molecule has 0 saturated heterocycles. The maximum Gasteiger partial charge on any atom is 0.0431 e. The van der Waals surface area contributed by atoms with Crippen molar-refractivity contribution >= 4 is 0 Å². The van der Waals surface area contributed by atoms with E-state index in [1.807, 2.05) is 0 Å². The summed E-state index contributed by atoms with van der Waals surface area (Å²) in [7, 11) is 0. The Labute approximate surface area is 132 Å². The Balaban J connectivity index is 3.37. The number of rotatable bonds is 14. The Bertz CT molecular complexity index is 297. The summed E-state index contributed by atoms with van der Waals surface area (Å²) < 4.78 is 0. The van der Waals surface area contributed by atoms with Gasteiger partial charge in [-0.25, -0.2) is 0 Å². The molecule has 0 unspecified atom stereocenters. The fraction of sp³-hybridized carbons (Fsp3) is 0.600. The topological polar surface area (TPSA) is 20.2 Å². The van der Waals surface area contributed by atoms with Gasteiger partial charge in [0.15, 0.2) is 0 Å². The van der Waals surface area contributed by atoms with Crippen molar-refractivity contribution in [1.29, 1.82) is 0 Å². The molecule has 0 aliphatic heterocycles. The average Bonchev–Trinajstić information content (AvgIpc) is 2.50. The second-order valence-electron chi connectivity index (χ2n) is 5.34. The van der Waals surface area contributed by atoms with E-state index in [0.717, 1.165) is 32.1 Å². The van der Waals surface area contributed by atoms with Crippen molar-refractivity contribution in [1.82, 2.24) is 0 Å². The Morgan fingerprint density at radius 1 is 0.619 bits per heavy atom. The first-order valence-corrected chi connectivity index (χ1v) is 8.64. The van der Waals surface area contributed by atoms with Gasteiger partial charge >= 0.3 is 0 Å². The standard InChI is InChI=1S/C20H34O/c1-2-3-4-5-6-7-8-9-10-11-12-13-14-15-16-17-18-19-20-21/h7-10,12-13,15-16,21H,2-6,11,14,17-20H2,1H3. The first-order chi connectivity index (χ1) is 10.4. The lowest BCUT2D eigenvalue weighted by atomic mass is 10.1. The molecule has 0 amide bonds. The molecule has 0 aliphatic rings. The summed E-state index contributed by atoms with van der Waals surface area (Å²) in [6.45, 7) is 2.56. The number of hydrogen-bond donors (Lipinski definition) is 1. The molecule has 0 fully saturated rings. The van der Waals surface area contributed by atoms with E-state index in [9.17, 15) is 0 Å². The van der Waals surface area contributed by atoms with Gasteiger partial charge in [0.2, 0.25) is 0 Å². The summed E-state index contributed by atoms with van der Waals surface area (Å²) in [5.74, 6) is 0. The van der Waals surface area contributed by atoms with Gasteiger partial charge < -0.3 is 5.11 Å². The Hall–Kier alpha value is -1.08. The van der Waals surface area contributed by atoms with Crippen molar-refractivity contribution < 1.29 is 5.11 Å². The van der Waals surface area contributed by atoms with E-state index in [0.29, 0.717) is 6.61 Å². The van der Waals surface area contributed by atoms with Crippen LogP contribution in [0.3, 0.4) is 0 Å². The molecule has 1 heteroatoms. The van der Waals surface area contributed by atoms with Gasteiger partial charge in [-0.1, -0.05) is 74.8 Å². The Morgan fingerprint density at radius 3 is 2.00 bits per heavy atom. The van der Waals surface area contributed by atoms with Crippen LogP contribution in [0.25, 0.3) is 0 Å². The van der Waals surface area contributed by atoms with Crippen molar-refractivity contribution in [2.45, 2.75) is 71.1 Å². The van der Waals surface area contributed by atoms with Crippen molar-refractivity contribution in [3.63, 3.8) is 0 Å². The fourth-order valence-corrected chi connectivity index (χ4v) is 1.96.